The minimum Gasteiger partial charge on any atom is -0.480 e. The summed E-state index contributed by atoms with van der Waals surface area (Å²) in [5.41, 5.74) is -4.25. The van der Waals surface area contributed by atoms with Crippen LogP contribution in [0.5, 0.6) is 0 Å². The first kappa shape index (κ1) is 15.6. The summed E-state index contributed by atoms with van der Waals surface area (Å²) in [6.07, 6.45) is 0.712. The third-order valence-corrected chi connectivity index (χ3v) is 2.91. The first-order chi connectivity index (χ1) is 7.26. The highest BCUT2D eigenvalue weighted by Gasteiger charge is 2.28. The van der Waals surface area contributed by atoms with Gasteiger partial charge in [-0.3, -0.25) is 9.69 Å². The molecule has 7 heteroatoms. The normalized spacial score (nSPS) is 14.1. The van der Waals surface area contributed by atoms with Crippen molar-refractivity contribution in [3.05, 3.63) is 0 Å². The molecule has 1 atom stereocenters. The Morgan fingerprint density at radius 1 is 1.50 bits per heavy atom. The zero-order valence-electron chi connectivity index (χ0n) is 9.25. The van der Waals surface area contributed by atoms with Gasteiger partial charge in [0.2, 0.25) is 0 Å². The molecule has 0 saturated carbocycles. The maximum absolute atomic E-state index is 11.9. The number of nitrogens with zero attached hydrogens (tertiary/aromatic N) is 1. The molecule has 0 aromatic carbocycles. The molecule has 3 nitrogen and oxygen atoms in total. The predicted octanol–water partition coefficient (Wildman–Crippen LogP) is 2.42. The fourth-order valence-electron chi connectivity index (χ4n) is 1.17. The van der Waals surface area contributed by atoms with Crippen LogP contribution < -0.4 is 0 Å². The van der Waals surface area contributed by atoms with E-state index in [1.165, 1.54) is 0 Å². The summed E-state index contributed by atoms with van der Waals surface area (Å²) >= 11 is -0.118. The molecule has 0 radical (unpaired) electrons. The fraction of sp³-hybridized carbons (Fsp3) is 0.889. The zero-order valence-corrected chi connectivity index (χ0v) is 10.1. The lowest BCUT2D eigenvalue weighted by molar-refractivity contribution is -0.138. The van der Waals surface area contributed by atoms with Crippen molar-refractivity contribution in [2.24, 2.45) is 0 Å². The first-order valence-electron chi connectivity index (χ1n) is 4.92. The summed E-state index contributed by atoms with van der Waals surface area (Å²) in [7, 11) is 0. The van der Waals surface area contributed by atoms with Crippen LogP contribution in [0.15, 0.2) is 0 Å². The Morgan fingerprint density at radius 3 is 2.44 bits per heavy atom. The van der Waals surface area contributed by atoms with Crippen molar-refractivity contribution in [1.29, 1.82) is 0 Å². The van der Waals surface area contributed by atoms with E-state index in [9.17, 15) is 18.0 Å². The highest BCUT2D eigenvalue weighted by atomic mass is 32.2. The van der Waals surface area contributed by atoms with Crippen LogP contribution in [-0.4, -0.2) is 46.4 Å². The van der Waals surface area contributed by atoms with E-state index in [1.807, 2.05) is 6.92 Å². The van der Waals surface area contributed by atoms with Crippen LogP contribution in [0.4, 0.5) is 13.2 Å². The molecule has 0 saturated heterocycles. The molecule has 16 heavy (non-hydrogen) atoms. The van der Waals surface area contributed by atoms with E-state index in [0.717, 1.165) is 0 Å². The van der Waals surface area contributed by atoms with Crippen LogP contribution in [0.3, 0.4) is 0 Å². The minimum absolute atomic E-state index is 0.0232. The number of halogens is 3. The first-order valence-corrected chi connectivity index (χ1v) is 5.91. The summed E-state index contributed by atoms with van der Waals surface area (Å²) in [5.74, 6) is -1.15. The molecular formula is C9H16F3NO2S. The molecule has 0 aromatic rings. The molecule has 0 fully saturated rings. The van der Waals surface area contributed by atoms with Crippen molar-refractivity contribution in [2.45, 2.75) is 31.8 Å². The molecular weight excluding hydrogens is 243 g/mol. The van der Waals surface area contributed by atoms with Crippen molar-refractivity contribution in [3.8, 4) is 0 Å². The largest absolute Gasteiger partial charge is 0.480 e. The van der Waals surface area contributed by atoms with Gasteiger partial charge in [0.1, 0.15) is 0 Å². The number of carboxylic acids is 1. The average molecular weight is 259 g/mol. The van der Waals surface area contributed by atoms with Gasteiger partial charge in [-0.25, -0.2) is 0 Å². The lowest BCUT2D eigenvalue weighted by Gasteiger charge is -2.26. The number of thioether (sulfide) groups is 1. The van der Waals surface area contributed by atoms with E-state index in [-0.39, 0.29) is 36.6 Å². The van der Waals surface area contributed by atoms with Crippen molar-refractivity contribution in [3.63, 3.8) is 0 Å². The van der Waals surface area contributed by atoms with Crippen molar-refractivity contribution >= 4 is 17.7 Å². The summed E-state index contributed by atoms with van der Waals surface area (Å²) in [4.78, 5) is 12.1. The van der Waals surface area contributed by atoms with Gasteiger partial charge in [0.05, 0.1) is 6.54 Å². The van der Waals surface area contributed by atoms with Gasteiger partial charge in [-0.2, -0.15) is 13.2 Å². The number of carbonyl (C=O) groups is 1. The van der Waals surface area contributed by atoms with Crippen LogP contribution in [0.25, 0.3) is 0 Å². The predicted molar refractivity (Wildman–Crippen MR) is 57.5 cm³/mol. The van der Waals surface area contributed by atoms with E-state index >= 15 is 0 Å². The molecule has 0 aliphatic heterocycles. The monoisotopic (exact) mass is 259 g/mol. The Bertz CT molecular complexity index is 223. The van der Waals surface area contributed by atoms with Crippen LogP contribution in [0.2, 0.25) is 0 Å². The van der Waals surface area contributed by atoms with Gasteiger partial charge in [-0.05, 0) is 25.1 Å². The molecule has 0 spiro atoms. The highest BCUT2D eigenvalue weighted by molar-refractivity contribution is 8.00. The van der Waals surface area contributed by atoms with Crippen molar-refractivity contribution in [1.82, 2.24) is 4.90 Å². The Labute approximate surface area is 97.0 Å². The molecule has 0 aromatic heterocycles. The van der Waals surface area contributed by atoms with Gasteiger partial charge < -0.3 is 5.11 Å². The standard InChI is InChI=1S/C9H16F3NO2S/c1-3-7(2)13(6-8(14)15)4-5-16-9(10,11)12/h7H,3-6H2,1-2H3,(H,14,15). The minimum atomic E-state index is -4.25. The van der Waals surface area contributed by atoms with E-state index in [2.05, 4.69) is 0 Å². The van der Waals surface area contributed by atoms with Crippen LogP contribution in [0, 0.1) is 0 Å². The Hall–Kier alpha value is -0.430. The van der Waals surface area contributed by atoms with Gasteiger partial charge >= 0.3 is 11.5 Å². The lowest BCUT2D eigenvalue weighted by atomic mass is 10.2. The summed E-state index contributed by atoms with van der Waals surface area (Å²) in [6, 6.07) is -0.0232. The molecule has 1 unspecified atom stereocenters. The lowest BCUT2D eigenvalue weighted by Crippen LogP contribution is -2.38. The van der Waals surface area contributed by atoms with E-state index in [0.29, 0.717) is 6.42 Å². The fourth-order valence-corrected chi connectivity index (χ4v) is 1.72. The molecule has 0 heterocycles. The second-order valence-electron chi connectivity index (χ2n) is 3.42. The van der Waals surface area contributed by atoms with Gasteiger partial charge in [-0.1, -0.05) is 6.92 Å². The number of hydrogen-bond donors (Lipinski definition) is 1. The molecule has 0 rings (SSSR count). The molecule has 0 bridgehead atoms. The van der Waals surface area contributed by atoms with Crippen molar-refractivity contribution in [2.75, 3.05) is 18.8 Å². The summed E-state index contributed by atoms with van der Waals surface area (Å²) < 4.78 is 35.6. The number of alkyl halides is 3. The molecule has 1 N–H and O–H groups in total. The third kappa shape index (κ3) is 7.81. The van der Waals surface area contributed by atoms with Gasteiger partial charge in [0.15, 0.2) is 0 Å². The second-order valence-corrected chi connectivity index (χ2v) is 4.58. The third-order valence-electron chi connectivity index (χ3n) is 2.20. The van der Waals surface area contributed by atoms with E-state index < -0.39 is 11.5 Å². The molecule has 0 aliphatic rings. The topological polar surface area (TPSA) is 40.5 Å². The number of aliphatic carboxylic acids is 1. The molecule has 0 aliphatic carbocycles. The van der Waals surface area contributed by atoms with Gasteiger partial charge in [0.25, 0.3) is 0 Å². The molecule has 0 amide bonds. The van der Waals surface area contributed by atoms with Crippen LogP contribution in [0.1, 0.15) is 20.3 Å². The van der Waals surface area contributed by atoms with Gasteiger partial charge in [0, 0.05) is 18.3 Å². The molecule has 96 valence electrons. The van der Waals surface area contributed by atoms with E-state index in [4.69, 9.17) is 5.11 Å². The zero-order chi connectivity index (χ0) is 12.8. The second kappa shape index (κ2) is 7.01. The smallest absolute Gasteiger partial charge is 0.441 e. The Balaban J connectivity index is 4.07. The summed E-state index contributed by atoms with van der Waals surface area (Å²) in [6.45, 7) is 3.59. The quantitative estimate of drug-likeness (QED) is 0.762. The highest BCUT2D eigenvalue weighted by Crippen LogP contribution is 2.29. The summed E-state index contributed by atoms with van der Waals surface area (Å²) in [5, 5.41) is 8.62. The van der Waals surface area contributed by atoms with Gasteiger partial charge in [-0.15, -0.1) is 0 Å². The Morgan fingerprint density at radius 2 is 2.06 bits per heavy atom. The number of hydrogen-bond acceptors (Lipinski definition) is 3. The van der Waals surface area contributed by atoms with Crippen molar-refractivity contribution < 1.29 is 23.1 Å². The maximum atomic E-state index is 11.9. The van der Waals surface area contributed by atoms with Crippen LogP contribution >= 0.6 is 11.8 Å². The average Bonchev–Trinajstić information content (AvgIpc) is 2.12. The maximum Gasteiger partial charge on any atom is 0.441 e. The number of carboxylic acid groups (broad SMARTS) is 1. The Kier molecular flexibility index (Phi) is 6.82. The SMILES string of the molecule is CCC(C)N(CCSC(F)(F)F)CC(=O)O. The van der Waals surface area contributed by atoms with Crippen LogP contribution in [-0.2, 0) is 4.79 Å². The van der Waals surface area contributed by atoms with E-state index in [1.54, 1.807) is 11.8 Å². The number of rotatable bonds is 7.